The van der Waals surface area contributed by atoms with Crippen LogP contribution in [0.3, 0.4) is 0 Å². The van der Waals surface area contributed by atoms with Gasteiger partial charge in [-0.2, -0.15) is 0 Å². The summed E-state index contributed by atoms with van der Waals surface area (Å²) in [5.41, 5.74) is 7.67. The average Bonchev–Trinajstić information content (AvgIpc) is 3.06. The van der Waals surface area contributed by atoms with Crippen molar-refractivity contribution < 1.29 is 4.79 Å². The predicted molar refractivity (Wildman–Crippen MR) is 76.3 cm³/mol. The van der Waals surface area contributed by atoms with Crippen molar-refractivity contribution in [3.05, 3.63) is 46.5 Å². The van der Waals surface area contributed by atoms with E-state index in [0.29, 0.717) is 12.2 Å². The van der Waals surface area contributed by atoms with E-state index in [1.54, 1.807) is 5.38 Å². The van der Waals surface area contributed by atoms with Gasteiger partial charge in [0.25, 0.3) is 5.91 Å². The molecule has 0 radical (unpaired) electrons. The Hall–Kier alpha value is -2.18. The van der Waals surface area contributed by atoms with E-state index >= 15 is 0 Å². The Morgan fingerprint density at radius 3 is 3.11 bits per heavy atom. The third-order valence-electron chi connectivity index (χ3n) is 2.77. The van der Waals surface area contributed by atoms with Crippen LogP contribution in [0.2, 0.25) is 0 Å². The molecule has 0 fully saturated rings. The molecule has 5 nitrogen and oxygen atoms in total. The largest absolute Gasteiger partial charge is 0.361 e. The van der Waals surface area contributed by atoms with Gasteiger partial charge < -0.3 is 16.0 Å². The molecule has 2 aromatic heterocycles. The van der Waals surface area contributed by atoms with Crippen LogP contribution in [0.15, 0.2) is 35.8 Å². The maximum atomic E-state index is 12.0. The van der Waals surface area contributed by atoms with Crippen LogP contribution < -0.4 is 11.1 Å². The van der Waals surface area contributed by atoms with Crippen LogP contribution in [-0.4, -0.2) is 15.9 Å². The Labute approximate surface area is 113 Å². The van der Waals surface area contributed by atoms with Crippen molar-refractivity contribution >= 4 is 33.8 Å². The molecule has 0 saturated carbocycles. The van der Waals surface area contributed by atoms with E-state index < -0.39 is 0 Å². The third-order valence-corrected chi connectivity index (χ3v) is 3.64. The highest BCUT2D eigenvalue weighted by Crippen LogP contribution is 2.18. The predicted octanol–water partition coefficient (Wildman–Crippen LogP) is 2.34. The van der Waals surface area contributed by atoms with Gasteiger partial charge in [0.05, 0.1) is 0 Å². The van der Waals surface area contributed by atoms with E-state index in [1.165, 1.54) is 11.3 Å². The SMILES string of the molecule is NCc1nc(C(=O)Nc2ccc3[nH]ccc3c2)cs1. The van der Waals surface area contributed by atoms with Gasteiger partial charge in [-0.1, -0.05) is 0 Å². The molecule has 0 bridgehead atoms. The van der Waals surface area contributed by atoms with Gasteiger partial charge in [-0.25, -0.2) is 4.98 Å². The number of nitrogens with one attached hydrogen (secondary N) is 2. The molecule has 3 rings (SSSR count). The van der Waals surface area contributed by atoms with Gasteiger partial charge in [-0.15, -0.1) is 11.3 Å². The van der Waals surface area contributed by atoms with Crippen molar-refractivity contribution in [2.75, 3.05) is 5.32 Å². The molecule has 0 atom stereocenters. The lowest BCUT2D eigenvalue weighted by atomic mass is 10.2. The highest BCUT2D eigenvalue weighted by molar-refractivity contribution is 7.09. The molecule has 0 aliphatic heterocycles. The highest BCUT2D eigenvalue weighted by atomic mass is 32.1. The van der Waals surface area contributed by atoms with Gasteiger partial charge in [-0.05, 0) is 24.3 Å². The van der Waals surface area contributed by atoms with E-state index in [1.807, 2.05) is 30.5 Å². The van der Waals surface area contributed by atoms with E-state index in [2.05, 4.69) is 15.3 Å². The van der Waals surface area contributed by atoms with Crippen molar-refractivity contribution in [3.63, 3.8) is 0 Å². The van der Waals surface area contributed by atoms with Crippen LogP contribution >= 0.6 is 11.3 Å². The van der Waals surface area contributed by atoms with Crippen LogP contribution in [-0.2, 0) is 6.54 Å². The summed E-state index contributed by atoms with van der Waals surface area (Å²) >= 11 is 1.39. The van der Waals surface area contributed by atoms with E-state index in [4.69, 9.17) is 5.73 Å². The summed E-state index contributed by atoms with van der Waals surface area (Å²) in [5.74, 6) is -0.217. The molecule has 3 aromatic rings. The first-order chi connectivity index (χ1) is 9.26. The number of carbonyl (C=O) groups excluding carboxylic acids is 1. The monoisotopic (exact) mass is 272 g/mol. The lowest BCUT2D eigenvalue weighted by Gasteiger charge is -2.03. The number of aromatic nitrogens is 2. The molecule has 0 aliphatic carbocycles. The summed E-state index contributed by atoms with van der Waals surface area (Å²) in [5, 5.41) is 6.35. The first kappa shape index (κ1) is 11.9. The van der Waals surface area contributed by atoms with E-state index in [-0.39, 0.29) is 5.91 Å². The normalized spacial score (nSPS) is 10.8. The van der Waals surface area contributed by atoms with Crippen LogP contribution in [0.5, 0.6) is 0 Å². The minimum absolute atomic E-state index is 0.217. The quantitative estimate of drug-likeness (QED) is 0.684. The standard InChI is InChI=1S/C13H12N4OS/c14-6-12-17-11(7-19-12)13(18)16-9-1-2-10-8(5-9)3-4-15-10/h1-5,7,15H,6,14H2,(H,16,18). The molecule has 1 aromatic carbocycles. The van der Waals surface area contributed by atoms with Crippen molar-refractivity contribution in [1.82, 2.24) is 9.97 Å². The molecule has 6 heteroatoms. The van der Waals surface area contributed by atoms with Gasteiger partial charge in [0.1, 0.15) is 10.7 Å². The van der Waals surface area contributed by atoms with Gasteiger partial charge in [0.15, 0.2) is 0 Å². The molecule has 0 aliphatic rings. The Morgan fingerprint density at radius 2 is 2.32 bits per heavy atom. The molecule has 1 amide bonds. The Kier molecular flexibility index (Phi) is 3.02. The van der Waals surface area contributed by atoms with E-state index in [0.717, 1.165) is 21.6 Å². The number of carbonyl (C=O) groups is 1. The van der Waals surface area contributed by atoms with E-state index in [9.17, 15) is 4.79 Å². The summed E-state index contributed by atoms with van der Waals surface area (Å²) in [7, 11) is 0. The summed E-state index contributed by atoms with van der Waals surface area (Å²) in [6.45, 7) is 0.354. The van der Waals surface area contributed by atoms with Crippen LogP contribution in [0.4, 0.5) is 5.69 Å². The fourth-order valence-corrected chi connectivity index (χ4v) is 2.49. The molecular formula is C13H12N4OS. The number of rotatable bonds is 3. The molecule has 2 heterocycles. The first-order valence-corrected chi connectivity index (χ1v) is 6.67. The van der Waals surface area contributed by atoms with Crippen molar-refractivity contribution in [2.45, 2.75) is 6.54 Å². The number of hydrogen-bond donors (Lipinski definition) is 3. The molecule has 0 unspecified atom stereocenters. The molecule has 0 saturated heterocycles. The topological polar surface area (TPSA) is 83.8 Å². The number of amides is 1. The van der Waals surface area contributed by atoms with Crippen LogP contribution in [0, 0.1) is 0 Å². The lowest BCUT2D eigenvalue weighted by Crippen LogP contribution is -2.12. The number of hydrogen-bond acceptors (Lipinski definition) is 4. The Bertz CT molecular complexity index is 731. The Balaban J connectivity index is 1.81. The number of H-pyrrole nitrogens is 1. The first-order valence-electron chi connectivity index (χ1n) is 5.79. The number of benzene rings is 1. The van der Waals surface area contributed by atoms with Gasteiger partial charge in [-0.3, -0.25) is 4.79 Å². The second-order valence-electron chi connectivity index (χ2n) is 4.06. The van der Waals surface area contributed by atoms with Crippen molar-refractivity contribution in [2.24, 2.45) is 5.73 Å². The third kappa shape index (κ3) is 2.35. The second-order valence-corrected chi connectivity index (χ2v) is 5.01. The number of thiazole rings is 1. The van der Waals surface area contributed by atoms with Crippen molar-refractivity contribution in [1.29, 1.82) is 0 Å². The summed E-state index contributed by atoms with van der Waals surface area (Å²) < 4.78 is 0. The zero-order chi connectivity index (χ0) is 13.2. The molecule has 96 valence electrons. The van der Waals surface area contributed by atoms with Crippen LogP contribution in [0.25, 0.3) is 10.9 Å². The highest BCUT2D eigenvalue weighted by Gasteiger charge is 2.10. The number of aromatic amines is 1. The average molecular weight is 272 g/mol. The maximum Gasteiger partial charge on any atom is 0.275 e. The Morgan fingerprint density at radius 1 is 1.42 bits per heavy atom. The lowest BCUT2D eigenvalue weighted by molar-refractivity contribution is 0.102. The number of nitrogens with two attached hydrogens (primary N) is 1. The fourth-order valence-electron chi connectivity index (χ4n) is 1.84. The smallest absolute Gasteiger partial charge is 0.275 e. The minimum Gasteiger partial charge on any atom is -0.361 e. The molecular weight excluding hydrogens is 260 g/mol. The van der Waals surface area contributed by atoms with Gasteiger partial charge in [0.2, 0.25) is 0 Å². The molecule has 0 spiro atoms. The van der Waals surface area contributed by atoms with Crippen LogP contribution in [0.1, 0.15) is 15.5 Å². The summed E-state index contributed by atoms with van der Waals surface area (Å²) in [6, 6.07) is 7.66. The van der Waals surface area contributed by atoms with Crippen molar-refractivity contribution in [3.8, 4) is 0 Å². The number of nitrogens with zero attached hydrogens (tertiary/aromatic N) is 1. The fraction of sp³-hybridized carbons (Fsp3) is 0.0769. The maximum absolute atomic E-state index is 12.0. The summed E-state index contributed by atoms with van der Waals surface area (Å²) in [6.07, 6.45) is 1.87. The molecule has 4 N–H and O–H groups in total. The number of fused-ring (bicyclic) bond motifs is 1. The zero-order valence-electron chi connectivity index (χ0n) is 10.0. The molecule has 19 heavy (non-hydrogen) atoms. The van der Waals surface area contributed by atoms with Gasteiger partial charge in [0, 0.05) is 34.7 Å². The summed E-state index contributed by atoms with van der Waals surface area (Å²) in [4.78, 5) is 19.3. The number of anilines is 1. The second kappa shape index (κ2) is 4.83. The zero-order valence-corrected chi connectivity index (χ0v) is 10.8. The minimum atomic E-state index is -0.217. The van der Waals surface area contributed by atoms with Gasteiger partial charge >= 0.3 is 0 Å².